The zero-order valence-electron chi connectivity index (χ0n) is 14.3. The number of nitriles is 1. The Hall–Kier alpha value is -2.09. The molecule has 0 N–H and O–H groups in total. The Bertz CT molecular complexity index is 717. The third-order valence-electron chi connectivity index (χ3n) is 5.03. The molecule has 0 aromatic carbocycles. The first-order valence-corrected chi connectivity index (χ1v) is 8.55. The lowest BCUT2D eigenvalue weighted by Gasteiger charge is -2.27. The molecule has 0 aliphatic heterocycles. The number of hydrogen-bond acceptors (Lipinski definition) is 4. The molecule has 0 unspecified atom stereocenters. The molecule has 5 heteroatoms. The van der Waals surface area contributed by atoms with Crippen molar-refractivity contribution in [2.75, 3.05) is 19.0 Å². The van der Waals surface area contributed by atoms with Crippen LogP contribution >= 0.6 is 0 Å². The fourth-order valence-corrected chi connectivity index (χ4v) is 3.58. The van der Waals surface area contributed by atoms with Crippen molar-refractivity contribution in [2.24, 2.45) is 5.92 Å². The van der Waals surface area contributed by atoms with Gasteiger partial charge in [0, 0.05) is 43.8 Å². The van der Waals surface area contributed by atoms with E-state index in [-0.39, 0.29) is 0 Å². The number of rotatable bonds is 4. The molecule has 23 heavy (non-hydrogen) atoms. The lowest BCUT2D eigenvalue weighted by atomic mass is 9.79. The third-order valence-corrected chi connectivity index (χ3v) is 5.03. The summed E-state index contributed by atoms with van der Waals surface area (Å²) in [5.41, 5.74) is 3.38. The first kappa shape index (κ1) is 15.8. The topological polar surface area (TPSA) is 57.2 Å². The maximum Gasteiger partial charge on any atom is 0.160 e. The van der Waals surface area contributed by atoms with Crippen LogP contribution in [0.1, 0.15) is 56.2 Å². The summed E-state index contributed by atoms with van der Waals surface area (Å²) in [6.45, 7) is 2.15. The molecule has 0 radical (unpaired) electrons. The Morgan fingerprint density at radius 3 is 2.65 bits per heavy atom. The van der Waals surface area contributed by atoms with Gasteiger partial charge in [0.15, 0.2) is 5.65 Å². The molecule has 2 heterocycles. The second kappa shape index (κ2) is 6.57. The van der Waals surface area contributed by atoms with Crippen LogP contribution in [0.5, 0.6) is 0 Å². The first-order chi connectivity index (χ1) is 11.1. The summed E-state index contributed by atoms with van der Waals surface area (Å²) in [6, 6.07) is 4.51. The summed E-state index contributed by atoms with van der Waals surface area (Å²) in [5.74, 6) is 2.17. The summed E-state index contributed by atoms with van der Waals surface area (Å²) in [7, 11) is 4.10. The Labute approximate surface area is 137 Å². The van der Waals surface area contributed by atoms with Crippen molar-refractivity contribution in [1.82, 2.24) is 14.6 Å². The predicted molar refractivity (Wildman–Crippen MR) is 91.6 cm³/mol. The van der Waals surface area contributed by atoms with Gasteiger partial charge >= 0.3 is 0 Å². The molecule has 0 saturated heterocycles. The minimum absolute atomic E-state index is 0.508. The van der Waals surface area contributed by atoms with Crippen LogP contribution in [-0.4, -0.2) is 28.7 Å². The van der Waals surface area contributed by atoms with Crippen LogP contribution in [-0.2, 0) is 6.42 Å². The van der Waals surface area contributed by atoms with Crippen LogP contribution in [0.15, 0.2) is 12.3 Å². The van der Waals surface area contributed by atoms with Gasteiger partial charge in [-0.1, -0.05) is 6.92 Å². The zero-order valence-corrected chi connectivity index (χ0v) is 14.3. The second-order valence-corrected chi connectivity index (χ2v) is 6.77. The van der Waals surface area contributed by atoms with Crippen molar-refractivity contribution >= 4 is 11.5 Å². The molecule has 0 amide bonds. The van der Waals surface area contributed by atoms with Crippen molar-refractivity contribution in [3.63, 3.8) is 0 Å². The molecule has 2 aromatic heterocycles. The van der Waals surface area contributed by atoms with Gasteiger partial charge < -0.3 is 4.90 Å². The van der Waals surface area contributed by atoms with E-state index in [1.807, 2.05) is 10.7 Å². The van der Waals surface area contributed by atoms with Gasteiger partial charge in [0.25, 0.3) is 0 Å². The first-order valence-electron chi connectivity index (χ1n) is 8.55. The largest absolute Gasteiger partial charge is 0.363 e. The molecule has 1 aliphatic rings. The number of anilines is 1. The zero-order chi connectivity index (χ0) is 16.4. The normalized spacial score (nSPS) is 21.3. The van der Waals surface area contributed by atoms with Crippen molar-refractivity contribution < 1.29 is 0 Å². The molecule has 0 bridgehead atoms. The van der Waals surface area contributed by atoms with E-state index in [0.29, 0.717) is 18.3 Å². The van der Waals surface area contributed by atoms with Crippen molar-refractivity contribution in [2.45, 2.75) is 51.4 Å². The van der Waals surface area contributed by atoms with Gasteiger partial charge in [-0.05, 0) is 38.0 Å². The number of fused-ring (bicyclic) bond motifs is 1. The molecule has 5 nitrogen and oxygen atoms in total. The maximum absolute atomic E-state index is 8.87. The van der Waals surface area contributed by atoms with Crippen molar-refractivity contribution in [3.05, 3.63) is 23.5 Å². The minimum atomic E-state index is 0.508. The molecule has 1 aliphatic carbocycles. The summed E-state index contributed by atoms with van der Waals surface area (Å²) in [5, 5.41) is 13.4. The highest BCUT2D eigenvalue weighted by Gasteiger charge is 2.25. The molecule has 3 rings (SSSR count). The van der Waals surface area contributed by atoms with Crippen LogP contribution < -0.4 is 4.90 Å². The molecule has 0 atom stereocenters. The van der Waals surface area contributed by atoms with E-state index in [4.69, 9.17) is 10.2 Å². The average molecular weight is 311 g/mol. The Morgan fingerprint density at radius 2 is 2.04 bits per heavy atom. The minimum Gasteiger partial charge on any atom is -0.363 e. The number of aromatic nitrogens is 3. The Kier molecular flexibility index (Phi) is 4.51. The standard InChI is InChI=1S/C18H25N5/c1-4-14-12-20-23-17(22(2)3)11-16(21-18(14)23)15-7-5-13(6-8-15)9-10-19/h11-13,15H,4-9H2,1-3H3. The monoisotopic (exact) mass is 311 g/mol. The highest BCUT2D eigenvalue weighted by atomic mass is 15.3. The SMILES string of the molecule is CCc1cnn2c(N(C)C)cc(C3CCC(CC#N)CC3)nc12. The predicted octanol–water partition coefficient (Wildman–Crippen LogP) is 3.55. The smallest absolute Gasteiger partial charge is 0.160 e. The van der Waals surface area contributed by atoms with E-state index in [0.717, 1.165) is 43.6 Å². The fourth-order valence-electron chi connectivity index (χ4n) is 3.58. The van der Waals surface area contributed by atoms with Crippen LogP contribution in [0.25, 0.3) is 5.65 Å². The summed E-state index contributed by atoms with van der Waals surface area (Å²) in [4.78, 5) is 7.06. The highest BCUT2D eigenvalue weighted by Crippen LogP contribution is 2.37. The molecule has 2 aromatic rings. The van der Waals surface area contributed by atoms with Gasteiger partial charge in [0.1, 0.15) is 5.82 Å². The third kappa shape index (κ3) is 3.03. The van der Waals surface area contributed by atoms with E-state index < -0.39 is 0 Å². The quantitative estimate of drug-likeness (QED) is 0.866. The van der Waals surface area contributed by atoms with E-state index in [9.17, 15) is 0 Å². The van der Waals surface area contributed by atoms with Gasteiger partial charge in [-0.2, -0.15) is 14.9 Å². The van der Waals surface area contributed by atoms with E-state index in [2.05, 4.69) is 43.2 Å². The van der Waals surface area contributed by atoms with Crippen LogP contribution in [0.3, 0.4) is 0 Å². The van der Waals surface area contributed by atoms with Crippen molar-refractivity contribution in [1.29, 1.82) is 5.26 Å². The number of aryl methyl sites for hydroxylation is 1. The summed E-state index contributed by atoms with van der Waals surface area (Å²) in [6.07, 6.45) is 8.13. The summed E-state index contributed by atoms with van der Waals surface area (Å²) < 4.78 is 1.95. The average Bonchev–Trinajstić information content (AvgIpc) is 2.97. The number of hydrogen-bond donors (Lipinski definition) is 0. The van der Waals surface area contributed by atoms with Crippen molar-refractivity contribution in [3.8, 4) is 6.07 Å². The van der Waals surface area contributed by atoms with E-state index in [1.54, 1.807) is 0 Å². The fraction of sp³-hybridized carbons (Fsp3) is 0.611. The second-order valence-electron chi connectivity index (χ2n) is 6.77. The molecule has 1 saturated carbocycles. The van der Waals surface area contributed by atoms with Gasteiger partial charge in [-0.25, -0.2) is 4.98 Å². The summed E-state index contributed by atoms with van der Waals surface area (Å²) >= 11 is 0. The Morgan fingerprint density at radius 1 is 1.30 bits per heavy atom. The van der Waals surface area contributed by atoms with Gasteiger partial charge in [-0.3, -0.25) is 0 Å². The Balaban J connectivity index is 1.94. The van der Waals surface area contributed by atoms with Crippen LogP contribution in [0.4, 0.5) is 5.82 Å². The van der Waals surface area contributed by atoms with Gasteiger partial charge in [-0.15, -0.1) is 0 Å². The lowest BCUT2D eigenvalue weighted by Crippen LogP contribution is -2.18. The number of nitrogens with zero attached hydrogens (tertiary/aromatic N) is 5. The highest BCUT2D eigenvalue weighted by molar-refractivity contribution is 5.55. The maximum atomic E-state index is 8.87. The van der Waals surface area contributed by atoms with E-state index in [1.165, 1.54) is 11.3 Å². The van der Waals surface area contributed by atoms with Gasteiger partial charge in [0.2, 0.25) is 0 Å². The lowest BCUT2D eigenvalue weighted by molar-refractivity contribution is 0.327. The molecule has 1 fully saturated rings. The molecule has 122 valence electrons. The van der Waals surface area contributed by atoms with Gasteiger partial charge in [0.05, 0.1) is 12.3 Å². The van der Waals surface area contributed by atoms with Crippen LogP contribution in [0.2, 0.25) is 0 Å². The van der Waals surface area contributed by atoms with E-state index >= 15 is 0 Å². The van der Waals surface area contributed by atoms with Crippen LogP contribution in [0, 0.1) is 17.2 Å². The molecule has 0 spiro atoms. The molecular formula is C18H25N5. The molecular weight excluding hydrogens is 286 g/mol.